The molecule has 1 heterocycles. The maximum atomic E-state index is 14.3. The minimum Gasteiger partial charge on any atom is -0.496 e. The number of aryl methyl sites for hydroxylation is 1. The molecule has 300 valence electrons. The Morgan fingerprint density at radius 2 is 1.19 bits per heavy atom. The third-order valence-corrected chi connectivity index (χ3v) is 9.52. The van der Waals surface area contributed by atoms with E-state index in [4.69, 9.17) is 47.4 Å². The number of rotatable bonds is 27. The van der Waals surface area contributed by atoms with E-state index in [1.807, 2.05) is 18.2 Å². The number of ether oxygens (including phenoxy) is 10. The molecule has 53 heavy (non-hydrogen) atoms. The van der Waals surface area contributed by atoms with Crippen LogP contribution in [-0.4, -0.2) is 98.8 Å². The van der Waals surface area contributed by atoms with Crippen molar-refractivity contribution < 1.29 is 52.2 Å². The van der Waals surface area contributed by atoms with Crippen molar-refractivity contribution in [3.8, 4) is 28.7 Å². The molecule has 0 aromatic heterocycles. The summed E-state index contributed by atoms with van der Waals surface area (Å²) in [6.45, 7) is 11.0. The molecule has 1 fully saturated rings. The van der Waals surface area contributed by atoms with Crippen LogP contribution >= 0.6 is 0 Å². The maximum Gasteiger partial charge on any atom is 0.170 e. The van der Waals surface area contributed by atoms with Gasteiger partial charge in [-0.3, -0.25) is 4.79 Å². The maximum absolute atomic E-state index is 14.3. The number of Topliss-reactive ketones (excluding diaryl/α,β-unsaturated/α-hetero) is 1. The molecule has 5 atom stereocenters. The minimum atomic E-state index is -0.752. The van der Waals surface area contributed by atoms with Gasteiger partial charge in [0.15, 0.2) is 17.3 Å². The number of hydrogen-bond acceptors (Lipinski definition) is 11. The Kier molecular flexibility index (Phi) is 20.4. The zero-order chi connectivity index (χ0) is 38.6. The zero-order valence-corrected chi connectivity index (χ0v) is 33.8. The molecule has 5 unspecified atom stereocenters. The summed E-state index contributed by atoms with van der Waals surface area (Å²) in [6, 6.07) is 7.38. The van der Waals surface area contributed by atoms with Gasteiger partial charge in [-0.15, -0.1) is 0 Å². The van der Waals surface area contributed by atoms with Crippen LogP contribution in [0.25, 0.3) is 0 Å². The summed E-state index contributed by atoms with van der Waals surface area (Å²) in [5, 5.41) is 0. The molecule has 2 aromatic rings. The van der Waals surface area contributed by atoms with Gasteiger partial charge >= 0.3 is 0 Å². The fraction of sp³-hybridized carbons (Fsp3) is 0.690. The zero-order valence-electron chi connectivity index (χ0n) is 33.8. The molecule has 0 aliphatic carbocycles. The summed E-state index contributed by atoms with van der Waals surface area (Å²) in [5.74, 6) is 2.17. The first-order valence-corrected chi connectivity index (χ1v) is 19.5. The van der Waals surface area contributed by atoms with Crippen molar-refractivity contribution in [1.82, 2.24) is 0 Å². The van der Waals surface area contributed by atoms with Crippen molar-refractivity contribution in [2.24, 2.45) is 0 Å². The van der Waals surface area contributed by atoms with Crippen molar-refractivity contribution in [2.45, 2.75) is 122 Å². The average molecular weight is 747 g/mol. The van der Waals surface area contributed by atoms with Gasteiger partial charge in [0, 0.05) is 38.9 Å². The summed E-state index contributed by atoms with van der Waals surface area (Å²) in [4.78, 5) is 14.3. The predicted molar refractivity (Wildman–Crippen MR) is 206 cm³/mol. The van der Waals surface area contributed by atoms with E-state index in [-0.39, 0.29) is 12.2 Å². The summed E-state index contributed by atoms with van der Waals surface area (Å²) in [6.07, 6.45) is 5.37. The molecular formula is C42H66O11. The van der Waals surface area contributed by atoms with E-state index in [1.165, 1.54) is 7.11 Å². The molecule has 1 saturated heterocycles. The summed E-state index contributed by atoms with van der Waals surface area (Å²) < 4.78 is 62.2. The topological polar surface area (TPSA) is 109 Å². The van der Waals surface area contributed by atoms with Gasteiger partial charge in [0.05, 0.1) is 47.7 Å². The van der Waals surface area contributed by atoms with Crippen LogP contribution in [0, 0.1) is 0 Å². The first-order valence-electron chi connectivity index (χ1n) is 19.5. The Hall–Kier alpha value is -3.09. The van der Waals surface area contributed by atoms with E-state index in [0.717, 1.165) is 56.9 Å². The Labute approximate surface area is 318 Å². The summed E-state index contributed by atoms with van der Waals surface area (Å²) in [5.41, 5.74) is 1.79. The highest BCUT2D eigenvalue weighted by atomic mass is 16.6. The molecule has 11 heteroatoms. The van der Waals surface area contributed by atoms with Gasteiger partial charge in [-0.05, 0) is 49.8 Å². The molecule has 0 spiro atoms. The van der Waals surface area contributed by atoms with E-state index in [0.29, 0.717) is 79.3 Å². The van der Waals surface area contributed by atoms with Gasteiger partial charge in [-0.1, -0.05) is 59.4 Å². The summed E-state index contributed by atoms with van der Waals surface area (Å²) >= 11 is 0. The van der Waals surface area contributed by atoms with Crippen LogP contribution in [-0.2, 0) is 30.1 Å². The van der Waals surface area contributed by atoms with E-state index in [2.05, 4.69) is 27.7 Å². The number of ketones is 1. The van der Waals surface area contributed by atoms with Crippen LogP contribution in [0.5, 0.6) is 28.7 Å². The lowest BCUT2D eigenvalue weighted by Crippen LogP contribution is -2.58. The highest BCUT2D eigenvalue weighted by molar-refractivity contribution is 6.02. The number of methoxy groups -OCH3 is 5. The number of unbranched alkanes of at least 4 members (excludes halogenated alkanes) is 4. The lowest BCUT2D eigenvalue weighted by atomic mass is 9.87. The van der Waals surface area contributed by atoms with Gasteiger partial charge in [0.1, 0.15) is 53.3 Å². The van der Waals surface area contributed by atoms with E-state index < -0.39 is 30.5 Å². The monoisotopic (exact) mass is 746 g/mol. The lowest BCUT2D eigenvalue weighted by molar-refractivity contribution is -0.268. The molecule has 0 radical (unpaired) electrons. The van der Waals surface area contributed by atoms with Crippen molar-refractivity contribution in [2.75, 3.05) is 68.6 Å². The second-order valence-corrected chi connectivity index (χ2v) is 13.3. The van der Waals surface area contributed by atoms with Gasteiger partial charge < -0.3 is 47.4 Å². The highest BCUT2D eigenvalue weighted by Gasteiger charge is 2.51. The van der Waals surface area contributed by atoms with E-state index in [1.54, 1.807) is 34.5 Å². The van der Waals surface area contributed by atoms with Gasteiger partial charge in [0.2, 0.25) is 0 Å². The predicted octanol–water partition coefficient (Wildman–Crippen LogP) is 8.36. The molecule has 3 rings (SSSR count). The van der Waals surface area contributed by atoms with Crippen LogP contribution in [0.2, 0.25) is 0 Å². The smallest absolute Gasteiger partial charge is 0.170 e. The lowest BCUT2D eigenvalue weighted by Gasteiger charge is -2.47. The number of carbonyl (C=O) groups is 1. The molecule has 0 bridgehead atoms. The van der Waals surface area contributed by atoms with E-state index in [9.17, 15) is 4.79 Å². The second kappa shape index (κ2) is 24.3. The number of hydrogen-bond donors (Lipinski definition) is 0. The van der Waals surface area contributed by atoms with Crippen molar-refractivity contribution in [3.63, 3.8) is 0 Å². The first kappa shape index (κ1) is 44.3. The van der Waals surface area contributed by atoms with Crippen LogP contribution < -0.4 is 23.7 Å². The van der Waals surface area contributed by atoms with Gasteiger partial charge in [-0.2, -0.15) is 0 Å². The minimum absolute atomic E-state index is 0.160. The number of benzene rings is 2. The Bertz CT molecular complexity index is 1350. The molecule has 0 N–H and O–H groups in total. The third-order valence-electron chi connectivity index (χ3n) is 9.52. The normalized spacial score (nSPS) is 19.9. The van der Waals surface area contributed by atoms with Crippen LogP contribution in [0.1, 0.15) is 113 Å². The van der Waals surface area contributed by atoms with Crippen molar-refractivity contribution in [3.05, 3.63) is 41.0 Å². The molecule has 11 nitrogen and oxygen atoms in total. The Morgan fingerprint density at radius 1 is 0.623 bits per heavy atom. The quantitative estimate of drug-likeness (QED) is 0.0650. The van der Waals surface area contributed by atoms with Crippen LogP contribution in [0.15, 0.2) is 24.3 Å². The van der Waals surface area contributed by atoms with Crippen molar-refractivity contribution in [1.29, 1.82) is 0 Å². The number of carbonyl (C=O) groups excluding carboxylic acids is 1. The third kappa shape index (κ3) is 12.2. The fourth-order valence-corrected chi connectivity index (χ4v) is 6.51. The molecule has 0 amide bonds. The molecular weight excluding hydrogens is 680 g/mol. The van der Waals surface area contributed by atoms with Gasteiger partial charge in [0.25, 0.3) is 0 Å². The summed E-state index contributed by atoms with van der Waals surface area (Å²) in [7, 11) is 7.86. The Balaban J connectivity index is 2.17. The molecule has 1 aliphatic heterocycles. The fourth-order valence-electron chi connectivity index (χ4n) is 6.51. The first-order chi connectivity index (χ1) is 25.9. The molecule has 0 saturated carbocycles. The van der Waals surface area contributed by atoms with Gasteiger partial charge in [-0.25, -0.2) is 0 Å². The van der Waals surface area contributed by atoms with E-state index >= 15 is 0 Å². The standard InChI is InChI=1S/C42H66O11/c1-10-14-22-49-28-35-38(50-23-15-11-2)41(51-24-16-12-3)42(52-25-17-13-4)40(53-35)37-34(47-8)27-33(46-7)36(39(37)48-9)30(43)20-18-29-19-21-31(44-5)32(26-29)45-6/h19,21,26-27,35,38,40-42H,10-18,20,22-25,28H2,1-9H3. The SMILES string of the molecule is CCCCOCC1OC(c2c(OC)cc(OC)c(C(=O)CCc3ccc(OC)c(OC)c3)c2OC)C(OCCCC)C(OCCCC)C1OCCCC. The van der Waals surface area contributed by atoms with Crippen LogP contribution in [0.4, 0.5) is 0 Å². The average Bonchev–Trinajstić information content (AvgIpc) is 3.18. The molecule has 2 aromatic carbocycles. The largest absolute Gasteiger partial charge is 0.496 e. The van der Waals surface area contributed by atoms with Crippen LogP contribution in [0.3, 0.4) is 0 Å². The Morgan fingerprint density at radius 3 is 1.75 bits per heavy atom. The highest BCUT2D eigenvalue weighted by Crippen LogP contribution is 2.49. The molecule has 1 aliphatic rings. The second-order valence-electron chi connectivity index (χ2n) is 13.3. The van der Waals surface area contributed by atoms with Crippen molar-refractivity contribution >= 4 is 5.78 Å².